The number of phenols is 2. The lowest BCUT2D eigenvalue weighted by Crippen LogP contribution is -1.97. The summed E-state index contributed by atoms with van der Waals surface area (Å²) in [7, 11) is 0. The monoisotopic (exact) mass is 244 g/mol. The second kappa shape index (κ2) is 5.10. The smallest absolute Gasteiger partial charge is 0.131 e. The molecule has 0 fully saturated rings. The minimum atomic E-state index is 0.222. The van der Waals surface area contributed by atoms with Crippen LogP contribution in [0, 0.1) is 0 Å². The van der Waals surface area contributed by atoms with E-state index < -0.39 is 0 Å². The maximum atomic E-state index is 9.63. The molecule has 3 nitrogen and oxygen atoms in total. The normalized spacial score (nSPS) is 10.6. The van der Waals surface area contributed by atoms with E-state index in [9.17, 15) is 10.2 Å². The Morgan fingerprint density at radius 3 is 2.11 bits per heavy atom. The lowest BCUT2D eigenvalue weighted by Gasteiger charge is -2.24. The highest BCUT2D eigenvalue weighted by Crippen LogP contribution is 2.53. The zero-order chi connectivity index (χ0) is 13.1. The number of aliphatic hydroxyl groups excluding tert-OH is 1. The Labute approximate surface area is 106 Å². The molecule has 94 valence electrons. The van der Waals surface area contributed by atoms with Crippen LogP contribution in [0.4, 0.5) is 0 Å². The molecule has 18 heavy (non-hydrogen) atoms. The first-order chi connectivity index (χ1) is 8.69. The molecule has 0 radical (unpaired) electrons. The van der Waals surface area contributed by atoms with Crippen LogP contribution in [0.25, 0.3) is 22.3 Å². The molecule has 1 aromatic carbocycles. The first-order valence-corrected chi connectivity index (χ1v) is 5.95. The molecule has 0 saturated heterocycles. The van der Waals surface area contributed by atoms with Crippen molar-refractivity contribution in [2.75, 3.05) is 6.61 Å². The van der Waals surface area contributed by atoms with Gasteiger partial charge in [0.15, 0.2) is 0 Å². The number of benzene rings is 2. The van der Waals surface area contributed by atoms with E-state index in [4.69, 9.17) is 5.11 Å². The van der Waals surface area contributed by atoms with E-state index >= 15 is 0 Å². The molecule has 3 N–H and O–H groups in total. The summed E-state index contributed by atoms with van der Waals surface area (Å²) in [6.45, 7) is 2.25. The number of aliphatic hydroxyl groups is 1. The highest BCUT2D eigenvalue weighted by atomic mass is 16.3. The van der Waals surface area contributed by atoms with E-state index in [1.54, 1.807) is 18.2 Å². The molecule has 0 atom stereocenters. The molecule has 0 heterocycles. The van der Waals surface area contributed by atoms with Gasteiger partial charge >= 0.3 is 0 Å². The van der Waals surface area contributed by atoms with Crippen LogP contribution in [0.15, 0.2) is 36.4 Å². The molecule has 0 aliphatic heterocycles. The van der Waals surface area contributed by atoms with Gasteiger partial charge < -0.3 is 15.3 Å². The molecule has 0 bridgehead atoms. The SMILES string of the molecule is CCCO.Oc1cccc(-c2c3ccc-3c2O)c1. The summed E-state index contributed by atoms with van der Waals surface area (Å²) in [6.07, 6.45) is 0.875. The maximum Gasteiger partial charge on any atom is 0.131 e. The van der Waals surface area contributed by atoms with Crippen LogP contribution in [0.2, 0.25) is 0 Å². The van der Waals surface area contributed by atoms with Crippen LogP contribution in [-0.4, -0.2) is 21.9 Å². The maximum absolute atomic E-state index is 9.63. The first-order valence-electron chi connectivity index (χ1n) is 5.95. The molecule has 0 spiro atoms. The quantitative estimate of drug-likeness (QED) is 0.649. The molecule has 0 aromatic heterocycles. The molecule has 0 unspecified atom stereocenters. The predicted octanol–water partition coefficient (Wildman–Crippen LogP) is 3.13. The van der Waals surface area contributed by atoms with Crippen molar-refractivity contribution in [2.24, 2.45) is 0 Å². The van der Waals surface area contributed by atoms with Crippen molar-refractivity contribution in [3.63, 3.8) is 0 Å². The number of hydrogen-bond acceptors (Lipinski definition) is 3. The van der Waals surface area contributed by atoms with Crippen molar-refractivity contribution < 1.29 is 15.3 Å². The highest BCUT2D eigenvalue weighted by Gasteiger charge is 2.26. The van der Waals surface area contributed by atoms with Gasteiger partial charge in [-0.3, -0.25) is 0 Å². The lowest BCUT2D eigenvalue weighted by atomic mass is 9.81. The summed E-state index contributed by atoms with van der Waals surface area (Å²) in [5.74, 6) is 0.563. The summed E-state index contributed by atoms with van der Waals surface area (Å²) in [5, 5.41) is 26.8. The Bertz CT molecular complexity index is 560. The Kier molecular flexibility index (Phi) is 3.53. The van der Waals surface area contributed by atoms with Crippen molar-refractivity contribution in [2.45, 2.75) is 13.3 Å². The fourth-order valence-corrected chi connectivity index (χ4v) is 1.83. The van der Waals surface area contributed by atoms with Crippen molar-refractivity contribution >= 4 is 0 Å². The molecule has 1 aromatic rings. The Morgan fingerprint density at radius 2 is 1.67 bits per heavy atom. The number of fused-ring (bicyclic) bond motifs is 1. The van der Waals surface area contributed by atoms with Gasteiger partial charge in [0, 0.05) is 17.7 Å². The van der Waals surface area contributed by atoms with Crippen molar-refractivity contribution in [3.8, 4) is 33.8 Å². The minimum Gasteiger partial charge on any atom is -0.508 e. The number of phenolic OH excluding ortho intramolecular Hbond substituents is 2. The zero-order valence-corrected chi connectivity index (χ0v) is 10.2. The first kappa shape index (κ1) is 12.5. The van der Waals surface area contributed by atoms with Crippen molar-refractivity contribution in [1.82, 2.24) is 0 Å². The third kappa shape index (κ3) is 2.05. The number of rotatable bonds is 2. The second-order valence-electron chi connectivity index (χ2n) is 4.16. The summed E-state index contributed by atoms with van der Waals surface area (Å²) in [5.41, 5.74) is 3.74. The average molecular weight is 244 g/mol. The molecule has 2 aliphatic carbocycles. The summed E-state index contributed by atoms with van der Waals surface area (Å²) < 4.78 is 0. The van der Waals surface area contributed by atoms with Gasteiger partial charge in [0.05, 0.1) is 0 Å². The largest absolute Gasteiger partial charge is 0.508 e. The van der Waals surface area contributed by atoms with Crippen LogP contribution >= 0.6 is 0 Å². The fourth-order valence-electron chi connectivity index (χ4n) is 1.83. The van der Waals surface area contributed by atoms with Crippen molar-refractivity contribution in [3.05, 3.63) is 36.4 Å². The molecule has 3 rings (SSSR count). The van der Waals surface area contributed by atoms with Crippen molar-refractivity contribution in [1.29, 1.82) is 0 Å². The van der Waals surface area contributed by atoms with Gasteiger partial charge in [-0.2, -0.15) is 0 Å². The van der Waals surface area contributed by atoms with E-state index in [2.05, 4.69) is 0 Å². The van der Waals surface area contributed by atoms with E-state index in [0.29, 0.717) is 12.4 Å². The van der Waals surface area contributed by atoms with Gasteiger partial charge in [0.25, 0.3) is 0 Å². The van der Waals surface area contributed by atoms with Crippen LogP contribution in [-0.2, 0) is 0 Å². The van der Waals surface area contributed by atoms with E-state index in [0.717, 1.165) is 28.7 Å². The van der Waals surface area contributed by atoms with Gasteiger partial charge in [-0.05, 0) is 35.7 Å². The van der Waals surface area contributed by atoms with Crippen LogP contribution in [0.5, 0.6) is 11.5 Å². The van der Waals surface area contributed by atoms with Gasteiger partial charge in [-0.25, -0.2) is 0 Å². The topological polar surface area (TPSA) is 60.7 Å². The molecule has 0 saturated carbocycles. The third-order valence-electron chi connectivity index (χ3n) is 2.83. The molecular weight excluding hydrogens is 228 g/mol. The summed E-state index contributed by atoms with van der Waals surface area (Å²) in [4.78, 5) is 0. The van der Waals surface area contributed by atoms with Crippen LogP contribution < -0.4 is 0 Å². The van der Waals surface area contributed by atoms with E-state index in [1.165, 1.54) is 0 Å². The molecular formula is C15H16O3. The average Bonchev–Trinajstić information content (AvgIpc) is 2.34. The fraction of sp³-hybridized carbons (Fsp3) is 0.200. The lowest BCUT2D eigenvalue weighted by molar-refractivity contribution is 0.295. The standard InChI is InChI=1S/C12H8O2.C3H8O/c13-8-3-1-2-7(6-8)11-9-4-5-10(9)12(11)14;1-2-3-4/h1-6,13-14H;4H,2-3H2,1H3. The van der Waals surface area contributed by atoms with E-state index in [-0.39, 0.29) is 5.75 Å². The number of hydrogen-bond donors (Lipinski definition) is 3. The molecule has 2 aliphatic rings. The molecule has 3 heteroatoms. The second-order valence-corrected chi connectivity index (χ2v) is 4.16. The molecule has 0 amide bonds. The summed E-state index contributed by atoms with van der Waals surface area (Å²) in [6, 6.07) is 10.8. The predicted molar refractivity (Wildman–Crippen MR) is 71.6 cm³/mol. The highest BCUT2D eigenvalue weighted by molar-refractivity contribution is 6.03. The third-order valence-corrected chi connectivity index (χ3v) is 2.83. The summed E-state index contributed by atoms with van der Waals surface area (Å²) >= 11 is 0. The van der Waals surface area contributed by atoms with Gasteiger partial charge in [-0.1, -0.05) is 25.1 Å². The Morgan fingerprint density at radius 1 is 1.00 bits per heavy atom. The Hall–Kier alpha value is -2.00. The van der Waals surface area contributed by atoms with E-state index in [1.807, 2.05) is 25.1 Å². The van der Waals surface area contributed by atoms with Gasteiger partial charge in [0.1, 0.15) is 11.5 Å². The Balaban J connectivity index is 0.000000267. The van der Waals surface area contributed by atoms with Gasteiger partial charge in [0.2, 0.25) is 0 Å². The van der Waals surface area contributed by atoms with Gasteiger partial charge in [-0.15, -0.1) is 0 Å². The van der Waals surface area contributed by atoms with Crippen LogP contribution in [0.3, 0.4) is 0 Å². The zero-order valence-electron chi connectivity index (χ0n) is 10.2. The van der Waals surface area contributed by atoms with Crippen LogP contribution in [0.1, 0.15) is 13.3 Å². The number of aromatic hydroxyl groups is 2. The minimum absolute atomic E-state index is 0.222.